The minimum Gasteiger partial charge on any atom is -0.360 e. The second-order valence-corrected chi connectivity index (χ2v) is 6.05. The van der Waals surface area contributed by atoms with Crippen LogP contribution in [0.15, 0.2) is 48.7 Å². The molecule has 0 fully saturated rings. The smallest absolute Gasteiger partial charge is 0.257 e. The maximum absolute atomic E-state index is 14.1. The van der Waals surface area contributed by atoms with E-state index >= 15 is 0 Å². The van der Waals surface area contributed by atoms with Crippen molar-refractivity contribution in [2.75, 3.05) is 11.9 Å². The fourth-order valence-corrected chi connectivity index (χ4v) is 2.93. The highest BCUT2D eigenvalue weighted by Crippen LogP contribution is 2.23. The van der Waals surface area contributed by atoms with Crippen molar-refractivity contribution in [2.45, 2.75) is 20.4 Å². The summed E-state index contributed by atoms with van der Waals surface area (Å²) in [6.45, 7) is 4.52. The summed E-state index contributed by atoms with van der Waals surface area (Å²) in [4.78, 5) is 28.8. The molecule has 0 spiro atoms. The van der Waals surface area contributed by atoms with Gasteiger partial charge in [0.05, 0.1) is 5.56 Å². The molecule has 0 atom stereocenters. The summed E-state index contributed by atoms with van der Waals surface area (Å²) in [5.74, 6) is -0.837. The number of hydrogen-bond donors (Lipinski definition) is 2. The Labute approximate surface area is 150 Å². The molecule has 0 bridgehead atoms. The molecule has 1 aromatic heterocycles. The molecule has 0 unspecified atom stereocenters. The largest absolute Gasteiger partial charge is 0.360 e. The molecule has 0 saturated carbocycles. The Morgan fingerprint density at radius 1 is 1.19 bits per heavy atom. The van der Waals surface area contributed by atoms with Gasteiger partial charge in [-0.1, -0.05) is 18.2 Å². The lowest BCUT2D eigenvalue weighted by Crippen LogP contribution is -2.27. The van der Waals surface area contributed by atoms with Crippen LogP contribution in [0.5, 0.6) is 0 Å². The lowest BCUT2D eigenvalue weighted by Gasteiger charge is -2.19. The SMILES string of the molecule is CCN(Cc1cccc(NC(=O)c2c[nH]c3cccc(F)c23)c1)C(C)=O. The first-order valence-corrected chi connectivity index (χ1v) is 8.41. The Balaban J connectivity index is 1.81. The van der Waals surface area contributed by atoms with Crippen molar-refractivity contribution in [2.24, 2.45) is 0 Å². The highest BCUT2D eigenvalue weighted by atomic mass is 19.1. The maximum Gasteiger partial charge on any atom is 0.257 e. The van der Waals surface area contributed by atoms with E-state index in [0.29, 0.717) is 24.3 Å². The quantitative estimate of drug-likeness (QED) is 0.730. The molecule has 0 aliphatic rings. The maximum atomic E-state index is 14.1. The third-order valence-electron chi connectivity index (χ3n) is 4.28. The van der Waals surface area contributed by atoms with Gasteiger partial charge < -0.3 is 15.2 Å². The number of amides is 2. The zero-order valence-electron chi connectivity index (χ0n) is 14.7. The third kappa shape index (κ3) is 3.59. The van der Waals surface area contributed by atoms with Gasteiger partial charge in [0.25, 0.3) is 5.91 Å². The third-order valence-corrected chi connectivity index (χ3v) is 4.28. The number of nitrogens with one attached hydrogen (secondary N) is 2. The normalized spacial score (nSPS) is 10.7. The molecule has 0 saturated heterocycles. The molecular weight excluding hydrogens is 333 g/mol. The van der Waals surface area contributed by atoms with E-state index in [0.717, 1.165) is 5.56 Å². The minimum absolute atomic E-state index is 0.00351. The first-order chi connectivity index (χ1) is 12.5. The highest BCUT2D eigenvalue weighted by molar-refractivity contribution is 6.12. The lowest BCUT2D eigenvalue weighted by molar-refractivity contribution is -0.129. The van der Waals surface area contributed by atoms with Gasteiger partial charge in [-0.3, -0.25) is 9.59 Å². The van der Waals surface area contributed by atoms with Gasteiger partial charge in [0.15, 0.2) is 0 Å². The van der Waals surface area contributed by atoms with Crippen molar-refractivity contribution >= 4 is 28.4 Å². The molecule has 6 heteroatoms. The molecule has 134 valence electrons. The van der Waals surface area contributed by atoms with Crippen molar-refractivity contribution in [3.05, 3.63) is 65.6 Å². The van der Waals surface area contributed by atoms with Gasteiger partial charge in [-0.15, -0.1) is 0 Å². The van der Waals surface area contributed by atoms with Crippen LogP contribution in [0.3, 0.4) is 0 Å². The second kappa shape index (κ2) is 7.39. The first-order valence-electron chi connectivity index (χ1n) is 8.41. The van der Waals surface area contributed by atoms with E-state index in [-0.39, 0.29) is 16.9 Å². The fraction of sp³-hybridized carbons (Fsp3) is 0.200. The molecule has 1 heterocycles. The van der Waals surface area contributed by atoms with Crippen molar-refractivity contribution in [3.63, 3.8) is 0 Å². The summed E-state index contributed by atoms with van der Waals surface area (Å²) in [6.07, 6.45) is 1.50. The van der Waals surface area contributed by atoms with Crippen LogP contribution in [0, 0.1) is 5.82 Å². The number of nitrogens with zero attached hydrogens (tertiary/aromatic N) is 1. The summed E-state index contributed by atoms with van der Waals surface area (Å²) < 4.78 is 14.1. The van der Waals surface area contributed by atoms with E-state index in [9.17, 15) is 14.0 Å². The van der Waals surface area contributed by atoms with E-state index < -0.39 is 11.7 Å². The van der Waals surface area contributed by atoms with Crippen molar-refractivity contribution in [1.82, 2.24) is 9.88 Å². The standard InChI is InChI=1S/C20H20FN3O2/c1-3-24(13(2)25)12-14-6-4-7-15(10-14)23-20(26)16-11-22-18-9-5-8-17(21)19(16)18/h4-11,22H,3,12H2,1-2H3,(H,23,26). The lowest BCUT2D eigenvalue weighted by atomic mass is 10.1. The van der Waals surface area contributed by atoms with Crippen LogP contribution < -0.4 is 5.32 Å². The minimum atomic E-state index is -0.442. The Bertz CT molecular complexity index is 965. The summed E-state index contributed by atoms with van der Waals surface area (Å²) in [5, 5.41) is 3.07. The van der Waals surface area contributed by atoms with Crippen LogP contribution in [0.2, 0.25) is 0 Å². The number of anilines is 1. The molecule has 0 aliphatic carbocycles. The number of fused-ring (bicyclic) bond motifs is 1. The summed E-state index contributed by atoms with van der Waals surface area (Å²) in [6, 6.07) is 11.9. The molecule has 3 aromatic rings. The number of carbonyl (C=O) groups excluding carboxylic acids is 2. The summed E-state index contributed by atoms with van der Waals surface area (Å²) in [5.41, 5.74) is 2.33. The van der Waals surface area contributed by atoms with E-state index in [1.807, 2.05) is 25.1 Å². The Morgan fingerprint density at radius 2 is 1.96 bits per heavy atom. The van der Waals surface area contributed by atoms with Crippen LogP contribution in [-0.2, 0) is 11.3 Å². The van der Waals surface area contributed by atoms with Gasteiger partial charge in [-0.2, -0.15) is 0 Å². The highest BCUT2D eigenvalue weighted by Gasteiger charge is 2.15. The summed E-state index contributed by atoms with van der Waals surface area (Å²) >= 11 is 0. The molecule has 2 amide bonds. The van der Waals surface area contributed by atoms with Crippen LogP contribution >= 0.6 is 0 Å². The monoisotopic (exact) mass is 353 g/mol. The molecular formula is C20H20FN3O2. The predicted molar refractivity (Wildman–Crippen MR) is 99.4 cm³/mol. The van der Waals surface area contributed by atoms with E-state index in [1.165, 1.54) is 19.2 Å². The van der Waals surface area contributed by atoms with E-state index in [2.05, 4.69) is 10.3 Å². The van der Waals surface area contributed by atoms with Gasteiger partial charge in [0, 0.05) is 42.8 Å². The van der Waals surface area contributed by atoms with Gasteiger partial charge in [0.1, 0.15) is 5.82 Å². The number of aromatic nitrogens is 1. The molecule has 26 heavy (non-hydrogen) atoms. The molecule has 0 aliphatic heterocycles. The van der Waals surface area contributed by atoms with E-state index in [1.54, 1.807) is 23.1 Å². The molecule has 5 nitrogen and oxygen atoms in total. The van der Waals surface area contributed by atoms with Crippen molar-refractivity contribution < 1.29 is 14.0 Å². The Hall–Kier alpha value is -3.15. The zero-order valence-corrected chi connectivity index (χ0v) is 14.7. The number of rotatable bonds is 5. The van der Waals surface area contributed by atoms with Gasteiger partial charge in [-0.05, 0) is 36.8 Å². The van der Waals surface area contributed by atoms with Crippen LogP contribution in [0.1, 0.15) is 29.8 Å². The first kappa shape index (κ1) is 17.7. The number of H-pyrrole nitrogens is 1. The average molecular weight is 353 g/mol. The molecule has 3 rings (SSSR count). The topological polar surface area (TPSA) is 65.2 Å². The van der Waals surface area contributed by atoms with Crippen LogP contribution in [0.4, 0.5) is 10.1 Å². The number of hydrogen-bond acceptors (Lipinski definition) is 2. The number of benzene rings is 2. The molecule has 2 aromatic carbocycles. The zero-order chi connectivity index (χ0) is 18.7. The predicted octanol–water partition coefficient (Wildman–Crippen LogP) is 3.93. The summed E-state index contributed by atoms with van der Waals surface area (Å²) in [7, 11) is 0. The number of halogens is 1. The number of aromatic amines is 1. The average Bonchev–Trinajstić information content (AvgIpc) is 3.05. The molecule has 2 N–H and O–H groups in total. The van der Waals surface area contributed by atoms with Crippen LogP contribution in [0.25, 0.3) is 10.9 Å². The van der Waals surface area contributed by atoms with Gasteiger partial charge >= 0.3 is 0 Å². The fourth-order valence-electron chi connectivity index (χ4n) is 2.93. The van der Waals surface area contributed by atoms with Crippen molar-refractivity contribution in [1.29, 1.82) is 0 Å². The number of carbonyl (C=O) groups is 2. The van der Waals surface area contributed by atoms with Crippen molar-refractivity contribution in [3.8, 4) is 0 Å². The second-order valence-electron chi connectivity index (χ2n) is 6.05. The van der Waals surface area contributed by atoms with Gasteiger partial charge in [0.2, 0.25) is 5.91 Å². The molecule has 0 radical (unpaired) electrons. The van der Waals surface area contributed by atoms with Gasteiger partial charge in [-0.25, -0.2) is 4.39 Å². The Kier molecular flexibility index (Phi) is 5.02. The van der Waals surface area contributed by atoms with E-state index in [4.69, 9.17) is 0 Å². The Morgan fingerprint density at radius 3 is 2.69 bits per heavy atom. The van der Waals surface area contributed by atoms with Crippen LogP contribution in [-0.4, -0.2) is 28.2 Å².